The van der Waals surface area contributed by atoms with Gasteiger partial charge in [0.1, 0.15) is 17.2 Å². The number of imidazole rings is 1. The normalized spacial score (nSPS) is 19.0. The fourth-order valence-electron chi connectivity index (χ4n) is 4.82. The summed E-state index contributed by atoms with van der Waals surface area (Å²) in [5.41, 5.74) is 4.62. The van der Waals surface area contributed by atoms with Gasteiger partial charge in [0.25, 0.3) is 0 Å². The number of fused-ring (bicyclic) bond motifs is 1. The van der Waals surface area contributed by atoms with Crippen LogP contribution in [0.3, 0.4) is 0 Å². The maximum Gasteiger partial charge on any atom is 0.250 e. The average Bonchev–Trinajstić information content (AvgIpc) is 3.30. The topological polar surface area (TPSA) is 65.8 Å². The first-order valence-electron chi connectivity index (χ1n) is 11.6. The molecule has 0 radical (unpaired) electrons. The third-order valence-corrected chi connectivity index (χ3v) is 6.52. The van der Waals surface area contributed by atoms with Crippen molar-refractivity contribution in [3.05, 3.63) is 71.3 Å². The van der Waals surface area contributed by atoms with E-state index in [2.05, 4.69) is 4.98 Å². The molecule has 1 fully saturated rings. The summed E-state index contributed by atoms with van der Waals surface area (Å²) in [6, 6.07) is 11.8. The predicted octanol–water partition coefficient (Wildman–Crippen LogP) is 4.73. The van der Waals surface area contributed by atoms with E-state index in [0.29, 0.717) is 6.61 Å². The quantitative estimate of drug-likeness (QED) is 0.516. The van der Waals surface area contributed by atoms with Gasteiger partial charge in [0.05, 0.1) is 44.6 Å². The Morgan fingerprint density at radius 3 is 2.79 bits per heavy atom. The Kier molecular flexibility index (Phi) is 6.01. The maximum atomic E-state index is 13.6. The van der Waals surface area contributed by atoms with E-state index in [4.69, 9.17) is 14.2 Å². The summed E-state index contributed by atoms with van der Waals surface area (Å²) < 4.78 is 18.9. The van der Waals surface area contributed by atoms with Crippen LogP contribution in [0.2, 0.25) is 0 Å². The SMILES string of the molecule is COc1ccc2c(c1)[C@@H](N1CCCC(=Cc3ccc(-n4cnc(C)c4)c(OC)c3)C1=O)CCO2. The van der Waals surface area contributed by atoms with Crippen molar-refractivity contribution in [3.8, 4) is 22.9 Å². The van der Waals surface area contributed by atoms with Crippen LogP contribution in [0.25, 0.3) is 11.8 Å². The molecule has 2 aromatic carbocycles. The van der Waals surface area contributed by atoms with Crippen LogP contribution >= 0.6 is 0 Å². The van der Waals surface area contributed by atoms with Crippen LogP contribution < -0.4 is 14.2 Å². The minimum Gasteiger partial charge on any atom is -0.497 e. The molecule has 0 N–H and O–H groups in total. The highest BCUT2D eigenvalue weighted by Crippen LogP contribution is 2.40. The second-order valence-corrected chi connectivity index (χ2v) is 8.68. The number of aryl methyl sites for hydroxylation is 1. The number of benzene rings is 2. The van der Waals surface area contributed by atoms with Gasteiger partial charge in [0.2, 0.25) is 5.91 Å². The number of likely N-dealkylation sites (tertiary alicyclic amines) is 1. The zero-order chi connectivity index (χ0) is 23.7. The molecule has 3 heterocycles. The molecule has 1 amide bonds. The van der Waals surface area contributed by atoms with Crippen molar-refractivity contribution in [3.63, 3.8) is 0 Å². The number of amides is 1. The molecule has 176 valence electrons. The number of rotatable bonds is 5. The molecular formula is C27H29N3O4. The van der Waals surface area contributed by atoms with Crippen molar-refractivity contribution >= 4 is 12.0 Å². The van der Waals surface area contributed by atoms with Gasteiger partial charge in [-0.1, -0.05) is 6.07 Å². The fraction of sp³-hybridized carbons (Fsp3) is 0.333. The molecule has 3 aromatic rings. The molecule has 5 rings (SSSR count). The standard InChI is InChI=1S/C27H29N3O4/c1-18-16-29(17-28-18)24-8-6-19(14-26(24)33-3)13-20-5-4-11-30(27(20)31)23-10-12-34-25-9-7-21(32-2)15-22(23)25/h6-9,13-17,23H,4-5,10-12H2,1-3H3/t23-/m0/s1. The summed E-state index contributed by atoms with van der Waals surface area (Å²) in [7, 11) is 3.31. The molecule has 0 spiro atoms. The van der Waals surface area contributed by atoms with E-state index in [0.717, 1.165) is 71.1 Å². The third-order valence-electron chi connectivity index (χ3n) is 6.52. The molecule has 7 nitrogen and oxygen atoms in total. The smallest absolute Gasteiger partial charge is 0.250 e. The minimum absolute atomic E-state index is 0.0172. The lowest BCUT2D eigenvalue weighted by Gasteiger charge is -2.38. The van der Waals surface area contributed by atoms with E-state index in [1.165, 1.54) is 0 Å². The lowest BCUT2D eigenvalue weighted by Crippen LogP contribution is -2.41. The van der Waals surface area contributed by atoms with Crippen LogP contribution in [0, 0.1) is 6.92 Å². The van der Waals surface area contributed by atoms with Crippen molar-refractivity contribution in [2.45, 2.75) is 32.2 Å². The van der Waals surface area contributed by atoms with Crippen molar-refractivity contribution in [1.29, 1.82) is 0 Å². The van der Waals surface area contributed by atoms with Crippen molar-refractivity contribution in [2.24, 2.45) is 0 Å². The summed E-state index contributed by atoms with van der Waals surface area (Å²) in [5, 5.41) is 0. The van der Waals surface area contributed by atoms with Crippen molar-refractivity contribution in [2.75, 3.05) is 27.4 Å². The molecule has 34 heavy (non-hydrogen) atoms. The van der Waals surface area contributed by atoms with Crippen LogP contribution in [0.1, 0.15) is 42.1 Å². The minimum atomic E-state index is -0.0172. The second-order valence-electron chi connectivity index (χ2n) is 8.68. The number of piperidine rings is 1. The lowest BCUT2D eigenvalue weighted by atomic mass is 9.93. The van der Waals surface area contributed by atoms with Crippen LogP contribution in [-0.2, 0) is 4.79 Å². The van der Waals surface area contributed by atoms with Gasteiger partial charge in [0.15, 0.2) is 0 Å². The number of nitrogens with zero attached hydrogens (tertiary/aromatic N) is 3. The molecule has 0 aliphatic carbocycles. The third kappa shape index (κ3) is 4.14. The van der Waals surface area contributed by atoms with Gasteiger partial charge in [-0.2, -0.15) is 0 Å². The highest BCUT2D eigenvalue weighted by atomic mass is 16.5. The van der Waals surface area contributed by atoms with E-state index >= 15 is 0 Å². The number of aromatic nitrogens is 2. The molecule has 1 atom stereocenters. The van der Waals surface area contributed by atoms with E-state index < -0.39 is 0 Å². The Bertz CT molecular complexity index is 1250. The van der Waals surface area contributed by atoms with Gasteiger partial charge >= 0.3 is 0 Å². The molecule has 7 heteroatoms. The Morgan fingerprint density at radius 2 is 2.03 bits per heavy atom. The fourth-order valence-corrected chi connectivity index (χ4v) is 4.82. The summed E-state index contributed by atoms with van der Waals surface area (Å²) in [6.07, 6.45) is 8.18. The first-order chi connectivity index (χ1) is 16.6. The number of ether oxygens (including phenoxy) is 3. The van der Waals surface area contributed by atoms with E-state index in [1.54, 1.807) is 20.5 Å². The van der Waals surface area contributed by atoms with Gasteiger partial charge in [-0.05, 0) is 61.7 Å². The van der Waals surface area contributed by atoms with Gasteiger partial charge in [0, 0.05) is 30.3 Å². The molecule has 2 aliphatic heterocycles. The molecule has 0 bridgehead atoms. The molecule has 0 unspecified atom stereocenters. The zero-order valence-electron chi connectivity index (χ0n) is 19.8. The average molecular weight is 460 g/mol. The molecule has 1 saturated heterocycles. The highest BCUT2D eigenvalue weighted by molar-refractivity contribution is 5.99. The van der Waals surface area contributed by atoms with E-state index in [1.807, 2.05) is 65.1 Å². The van der Waals surface area contributed by atoms with Crippen molar-refractivity contribution in [1.82, 2.24) is 14.5 Å². The van der Waals surface area contributed by atoms with Crippen LogP contribution in [0.15, 0.2) is 54.5 Å². The van der Waals surface area contributed by atoms with Crippen LogP contribution in [0.5, 0.6) is 17.2 Å². The summed E-state index contributed by atoms with van der Waals surface area (Å²) in [6.45, 7) is 3.29. The van der Waals surface area contributed by atoms with Crippen molar-refractivity contribution < 1.29 is 19.0 Å². The highest BCUT2D eigenvalue weighted by Gasteiger charge is 2.34. The monoisotopic (exact) mass is 459 g/mol. The second kappa shape index (κ2) is 9.25. The number of carbonyl (C=O) groups is 1. The molecule has 2 aliphatic rings. The summed E-state index contributed by atoms with van der Waals surface area (Å²) in [5.74, 6) is 2.42. The van der Waals surface area contributed by atoms with Crippen LogP contribution in [-0.4, -0.2) is 47.7 Å². The Balaban J connectivity index is 1.43. The number of hydrogen-bond acceptors (Lipinski definition) is 5. The van der Waals surface area contributed by atoms with Gasteiger partial charge in [-0.25, -0.2) is 4.98 Å². The lowest BCUT2D eigenvalue weighted by molar-refractivity contribution is -0.131. The summed E-state index contributed by atoms with van der Waals surface area (Å²) >= 11 is 0. The zero-order valence-corrected chi connectivity index (χ0v) is 19.8. The largest absolute Gasteiger partial charge is 0.497 e. The Morgan fingerprint density at radius 1 is 1.15 bits per heavy atom. The number of methoxy groups -OCH3 is 2. The van der Waals surface area contributed by atoms with Gasteiger partial charge in [-0.15, -0.1) is 0 Å². The van der Waals surface area contributed by atoms with Gasteiger partial charge in [-0.3, -0.25) is 4.79 Å². The maximum absolute atomic E-state index is 13.6. The van der Waals surface area contributed by atoms with E-state index in [-0.39, 0.29) is 11.9 Å². The van der Waals surface area contributed by atoms with Crippen LogP contribution in [0.4, 0.5) is 0 Å². The number of hydrogen-bond donors (Lipinski definition) is 0. The Labute approximate surface area is 199 Å². The first-order valence-corrected chi connectivity index (χ1v) is 11.6. The molecule has 1 aromatic heterocycles. The van der Waals surface area contributed by atoms with E-state index in [9.17, 15) is 4.79 Å². The first kappa shape index (κ1) is 22.1. The number of carbonyl (C=O) groups excluding carboxylic acids is 1. The Hall–Kier alpha value is -3.74. The predicted molar refractivity (Wildman–Crippen MR) is 130 cm³/mol. The molecular weight excluding hydrogens is 430 g/mol. The summed E-state index contributed by atoms with van der Waals surface area (Å²) in [4.78, 5) is 19.9. The van der Waals surface area contributed by atoms with Gasteiger partial charge < -0.3 is 23.7 Å². The molecule has 0 saturated carbocycles.